The zero-order chi connectivity index (χ0) is 13.0. The summed E-state index contributed by atoms with van der Waals surface area (Å²) >= 11 is 2.08. The number of rotatable bonds is 6. The number of thiophene rings is 1. The van der Waals surface area contributed by atoms with Gasteiger partial charge in [-0.25, -0.2) is 0 Å². The fourth-order valence-corrected chi connectivity index (χ4v) is 4.56. The SMILES string of the molecule is CCCC(C)C(NCC)c1cc2c(s1)CCCC2. The van der Waals surface area contributed by atoms with Crippen LogP contribution in [0.25, 0.3) is 0 Å². The Morgan fingerprint density at radius 3 is 2.72 bits per heavy atom. The van der Waals surface area contributed by atoms with E-state index >= 15 is 0 Å². The molecule has 18 heavy (non-hydrogen) atoms. The minimum absolute atomic E-state index is 0.575. The van der Waals surface area contributed by atoms with E-state index in [-0.39, 0.29) is 0 Å². The van der Waals surface area contributed by atoms with Gasteiger partial charge in [-0.1, -0.05) is 27.2 Å². The van der Waals surface area contributed by atoms with Crippen LogP contribution in [0, 0.1) is 5.92 Å². The largest absolute Gasteiger partial charge is 0.309 e. The topological polar surface area (TPSA) is 12.0 Å². The van der Waals surface area contributed by atoms with Crippen molar-refractivity contribution in [1.29, 1.82) is 0 Å². The number of nitrogens with one attached hydrogen (secondary N) is 1. The van der Waals surface area contributed by atoms with Crippen molar-refractivity contribution in [2.24, 2.45) is 5.92 Å². The normalized spacial score (nSPS) is 18.4. The summed E-state index contributed by atoms with van der Waals surface area (Å²) in [7, 11) is 0. The van der Waals surface area contributed by atoms with E-state index in [2.05, 4.69) is 43.5 Å². The summed E-state index contributed by atoms with van der Waals surface area (Å²) in [5.41, 5.74) is 1.65. The predicted molar refractivity (Wildman–Crippen MR) is 81.5 cm³/mol. The van der Waals surface area contributed by atoms with E-state index in [9.17, 15) is 0 Å². The van der Waals surface area contributed by atoms with E-state index < -0.39 is 0 Å². The molecule has 0 bridgehead atoms. The van der Waals surface area contributed by atoms with Gasteiger partial charge in [0.15, 0.2) is 0 Å². The zero-order valence-electron chi connectivity index (χ0n) is 12.1. The van der Waals surface area contributed by atoms with Crippen molar-refractivity contribution in [3.63, 3.8) is 0 Å². The monoisotopic (exact) mass is 265 g/mol. The van der Waals surface area contributed by atoms with E-state index in [4.69, 9.17) is 0 Å². The van der Waals surface area contributed by atoms with Crippen LogP contribution in [-0.4, -0.2) is 6.54 Å². The Morgan fingerprint density at radius 2 is 2.06 bits per heavy atom. The summed E-state index contributed by atoms with van der Waals surface area (Å²) in [4.78, 5) is 3.26. The lowest BCUT2D eigenvalue weighted by atomic mass is 9.93. The molecule has 1 heterocycles. The van der Waals surface area contributed by atoms with Gasteiger partial charge in [0.05, 0.1) is 0 Å². The van der Waals surface area contributed by atoms with Gasteiger partial charge in [0.1, 0.15) is 0 Å². The van der Waals surface area contributed by atoms with Gasteiger partial charge in [-0.15, -0.1) is 11.3 Å². The van der Waals surface area contributed by atoms with Crippen LogP contribution in [0.15, 0.2) is 6.07 Å². The van der Waals surface area contributed by atoms with Gasteiger partial charge in [-0.05, 0) is 56.2 Å². The molecule has 2 atom stereocenters. The molecule has 1 nitrogen and oxygen atoms in total. The van der Waals surface area contributed by atoms with Gasteiger partial charge >= 0.3 is 0 Å². The van der Waals surface area contributed by atoms with E-state index in [0.29, 0.717) is 6.04 Å². The summed E-state index contributed by atoms with van der Waals surface area (Å²) in [5.74, 6) is 0.745. The third kappa shape index (κ3) is 3.16. The summed E-state index contributed by atoms with van der Waals surface area (Å²) in [5, 5.41) is 3.70. The molecular weight excluding hydrogens is 238 g/mol. The van der Waals surface area contributed by atoms with Gasteiger partial charge in [0, 0.05) is 15.8 Å². The van der Waals surface area contributed by atoms with Crippen molar-refractivity contribution in [2.45, 2.75) is 65.3 Å². The van der Waals surface area contributed by atoms with Crippen molar-refractivity contribution >= 4 is 11.3 Å². The molecule has 1 aromatic heterocycles. The van der Waals surface area contributed by atoms with E-state index in [0.717, 1.165) is 12.5 Å². The van der Waals surface area contributed by atoms with E-state index in [1.807, 2.05) is 0 Å². The molecule has 1 aliphatic rings. The summed E-state index contributed by atoms with van der Waals surface area (Å²) in [6.45, 7) is 7.98. The lowest BCUT2D eigenvalue weighted by Crippen LogP contribution is -2.26. The van der Waals surface area contributed by atoms with Gasteiger partial charge in [-0.3, -0.25) is 0 Å². The van der Waals surface area contributed by atoms with Crippen LogP contribution in [0.3, 0.4) is 0 Å². The Kier molecular flexibility index (Phi) is 5.25. The van der Waals surface area contributed by atoms with Gasteiger partial charge in [0.2, 0.25) is 0 Å². The van der Waals surface area contributed by atoms with Gasteiger partial charge in [-0.2, -0.15) is 0 Å². The fourth-order valence-electron chi connectivity index (χ4n) is 3.09. The highest BCUT2D eigenvalue weighted by Crippen LogP contribution is 2.36. The highest BCUT2D eigenvalue weighted by Gasteiger charge is 2.22. The van der Waals surface area contributed by atoms with E-state index in [1.54, 1.807) is 15.3 Å². The fraction of sp³-hybridized carbons (Fsp3) is 0.750. The van der Waals surface area contributed by atoms with Crippen LogP contribution in [-0.2, 0) is 12.8 Å². The average molecular weight is 265 g/mol. The Labute approximate surface area is 116 Å². The molecule has 2 rings (SSSR count). The van der Waals surface area contributed by atoms with Crippen LogP contribution in [0.1, 0.15) is 67.8 Å². The van der Waals surface area contributed by atoms with Crippen molar-refractivity contribution in [1.82, 2.24) is 5.32 Å². The van der Waals surface area contributed by atoms with Crippen LogP contribution < -0.4 is 5.32 Å². The molecule has 1 N–H and O–H groups in total. The third-order valence-corrected chi connectivity index (χ3v) is 5.38. The zero-order valence-corrected chi connectivity index (χ0v) is 12.9. The summed E-state index contributed by atoms with van der Waals surface area (Å²) < 4.78 is 0. The Hall–Kier alpha value is -0.340. The lowest BCUT2D eigenvalue weighted by molar-refractivity contribution is 0.374. The Morgan fingerprint density at radius 1 is 1.28 bits per heavy atom. The molecule has 0 aromatic carbocycles. The maximum atomic E-state index is 3.70. The molecule has 1 aliphatic carbocycles. The summed E-state index contributed by atoms with van der Waals surface area (Å²) in [6, 6.07) is 3.07. The number of hydrogen-bond acceptors (Lipinski definition) is 2. The molecule has 2 unspecified atom stereocenters. The standard InChI is InChI=1S/C16H27NS/c1-4-8-12(3)16(17-5-2)15-11-13-9-6-7-10-14(13)18-15/h11-12,16-17H,4-10H2,1-3H3. The molecule has 0 saturated heterocycles. The van der Waals surface area contributed by atoms with E-state index in [1.165, 1.54) is 38.5 Å². The van der Waals surface area contributed by atoms with Crippen molar-refractivity contribution in [3.05, 3.63) is 21.4 Å². The highest BCUT2D eigenvalue weighted by atomic mass is 32.1. The van der Waals surface area contributed by atoms with Crippen LogP contribution in [0.5, 0.6) is 0 Å². The minimum Gasteiger partial charge on any atom is -0.309 e. The van der Waals surface area contributed by atoms with Crippen molar-refractivity contribution < 1.29 is 0 Å². The Balaban J connectivity index is 2.16. The second-order valence-electron chi connectivity index (χ2n) is 5.61. The number of aryl methyl sites for hydroxylation is 2. The Bertz CT molecular complexity index is 346. The molecule has 102 valence electrons. The molecule has 2 heteroatoms. The highest BCUT2D eigenvalue weighted by molar-refractivity contribution is 7.12. The lowest BCUT2D eigenvalue weighted by Gasteiger charge is -2.23. The van der Waals surface area contributed by atoms with Crippen LogP contribution in [0.2, 0.25) is 0 Å². The second-order valence-corrected chi connectivity index (χ2v) is 6.77. The first kappa shape index (κ1) is 14.1. The third-order valence-electron chi connectivity index (χ3n) is 4.06. The minimum atomic E-state index is 0.575. The number of fused-ring (bicyclic) bond motifs is 1. The van der Waals surface area contributed by atoms with Crippen LogP contribution >= 0.6 is 11.3 Å². The summed E-state index contributed by atoms with van der Waals surface area (Å²) in [6.07, 6.45) is 8.02. The molecule has 1 aromatic rings. The average Bonchev–Trinajstić information content (AvgIpc) is 2.79. The van der Waals surface area contributed by atoms with Crippen molar-refractivity contribution in [3.8, 4) is 0 Å². The molecule has 0 saturated carbocycles. The molecule has 0 aliphatic heterocycles. The second kappa shape index (κ2) is 6.72. The van der Waals surface area contributed by atoms with Crippen LogP contribution in [0.4, 0.5) is 0 Å². The maximum Gasteiger partial charge on any atom is 0.0440 e. The predicted octanol–water partition coefficient (Wildman–Crippen LogP) is 4.71. The van der Waals surface area contributed by atoms with Crippen molar-refractivity contribution in [2.75, 3.05) is 6.54 Å². The first-order valence-electron chi connectivity index (χ1n) is 7.61. The molecule has 0 fully saturated rings. The number of hydrogen-bond donors (Lipinski definition) is 1. The smallest absolute Gasteiger partial charge is 0.0440 e. The quantitative estimate of drug-likeness (QED) is 0.785. The molecule has 0 radical (unpaired) electrons. The molecular formula is C16H27NS. The molecule has 0 spiro atoms. The maximum absolute atomic E-state index is 3.70. The van der Waals surface area contributed by atoms with Gasteiger partial charge in [0.25, 0.3) is 0 Å². The molecule has 0 amide bonds. The first-order valence-corrected chi connectivity index (χ1v) is 8.42. The van der Waals surface area contributed by atoms with Gasteiger partial charge < -0.3 is 5.32 Å². The first-order chi connectivity index (χ1) is 8.76.